The van der Waals surface area contributed by atoms with E-state index in [2.05, 4.69) is 0 Å². The molecule has 0 fully saturated rings. The number of carboxylic acids is 1. The maximum absolute atomic E-state index is 13.1. The van der Waals surface area contributed by atoms with Crippen LogP contribution in [-0.4, -0.2) is 41.8 Å². The van der Waals surface area contributed by atoms with Gasteiger partial charge in [-0.3, -0.25) is 9.20 Å². The summed E-state index contributed by atoms with van der Waals surface area (Å²) in [5.74, 6) is 0.489. The number of hydrogen-bond acceptors (Lipinski definition) is 6. The van der Waals surface area contributed by atoms with Crippen LogP contribution in [-0.2, 0) is 6.42 Å². The Morgan fingerprint density at radius 3 is 2.52 bits per heavy atom. The zero-order valence-corrected chi connectivity index (χ0v) is 17.5. The molecule has 8 nitrogen and oxygen atoms in total. The number of ether oxygens (including phenoxy) is 3. The summed E-state index contributed by atoms with van der Waals surface area (Å²) in [6, 6.07) is 6.66. The standard InChI is InChI=1S/C23H22N2O6/c1-29-17-9-7-14(20(30-2)21(17)31-3)11-13-5-4-6-16-19(13)24-18-10-8-15(23(27)28)12-25(18)22(16)26/h7-12H,4-6H2,1-3H3,(H,27,28). The van der Waals surface area contributed by atoms with Crippen LogP contribution < -0.4 is 19.8 Å². The van der Waals surface area contributed by atoms with Crippen LogP contribution in [0.2, 0.25) is 0 Å². The number of allylic oxidation sites excluding steroid dienone is 1. The van der Waals surface area contributed by atoms with Crippen LogP contribution in [0.15, 0.2) is 35.3 Å². The number of benzene rings is 1. The molecular weight excluding hydrogens is 400 g/mol. The summed E-state index contributed by atoms with van der Waals surface area (Å²) in [6.07, 6.45) is 5.40. The third-order valence-corrected chi connectivity index (χ3v) is 5.40. The lowest BCUT2D eigenvalue weighted by Gasteiger charge is -2.20. The molecule has 0 amide bonds. The van der Waals surface area contributed by atoms with Gasteiger partial charge in [0.15, 0.2) is 11.5 Å². The highest BCUT2D eigenvalue weighted by Crippen LogP contribution is 2.42. The van der Waals surface area contributed by atoms with Crippen molar-refractivity contribution in [3.8, 4) is 17.2 Å². The maximum atomic E-state index is 13.1. The number of nitrogens with zero attached hydrogens (tertiary/aromatic N) is 2. The number of hydrogen-bond donors (Lipinski definition) is 1. The smallest absolute Gasteiger partial charge is 0.337 e. The lowest BCUT2D eigenvalue weighted by atomic mass is 9.90. The van der Waals surface area contributed by atoms with E-state index in [-0.39, 0.29) is 11.1 Å². The van der Waals surface area contributed by atoms with Crippen molar-refractivity contribution in [1.82, 2.24) is 9.38 Å². The van der Waals surface area contributed by atoms with Gasteiger partial charge in [0.05, 0.1) is 32.6 Å². The van der Waals surface area contributed by atoms with Crippen molar-refractivity contribution in [2.45, 2.75) is 19.3 Å². The summed E-state index contributed by atoms with van der Waals surface area (Å²) in [4.78, 5) is 29.1. The fourth-order valence-corrected chi connectivity index (χ4v) is 3.93. The second kappa shape index (κ2) is 8.14. The van der Waals surface area contributed by atoms with Crippen LogP contribution in [0.3, 0.4) is 0 Å². The molecule has 3 aromatic rings. The minimum absolute atomic E-state index is 0.0398. The van der Waals surface area contributed by atoms with Gasteiger partial charge in [-0.05, 0) is 55.2 Å². The highest BCUT2D eigenvalue weighted by molar-refractivity contribution is 5.88. The molecule has 0 unspecified atom stereocenters. The molecule has 0 saturated heterocycles. The minimum Gasteiger partial charge on any atom is -0.493 e. The van der Waals surface area contributed by atoms with E-state index >= 15 is 0 Å². The molecule has 31 heavy (non-hydrogen) atoms. The lowest BCUT2D eigenvalue weighted by molar-refractivity contribution is 0.0696. The minimum atomic E-state index is -1.09. The summed E-state index contributed by atoms with van der Waals surface area (Å²) < 4.78 is 17.7. The lowest BCUT2D eigenvalue weighted by Crippen LogP contribution is -2.25. The highest BCUT2D eigenvalue weighted by Gasteiger charge is 2.22. The predicted octanol–water partition coefficient (Wildman–Crippen LogP) is 3.30. The van der Waals surface area contributed by atoms with Crippen molar-refractivity contribution in [1.29, 1.82) is 0 Å². The van der Waals surface area contributed by atoms with Crippen LogP contribution in [0.5, 0.6) is 17.2 Å². The molecule has 160 valence electrons. The molecule has 0 bridgehead atoms. The Hall–Kier alpha value is -3.81. The molecule has 2 heterocycles. The number of fused-ring (bicyclic) bond motifs is 2. The third kappa shape index (κ3) is 3.50. The Morgan fingerprint density at radius 2 is 1.84 bits per heavy atom. The second-order valence-electron chi connectivity index (χ2n) is 7.14. The number of carbonyl (C=O) groups is 1. The van der Waals surface area contributed by atoms with E-state index in [1.807, 2.05) is 12.1 Å². The van der Waals surface area contributed by atoms with Crippen LogP contribution in [0.4, 0.5) is 0 Å². The van der Waals surface area contributed by atoms with Crippen molar-refractivity contribution >= 4 is 23.3 Å². The second-order valence-corrected chi connectivity index (χ2v) is 7.14. The fraction of sp³-hybridized carbons (Fsp3) is 0.261. The number of pyridine rings is 1. The molecule has 0 radical (unpaired) electrons. The van der Waals surface area contributed by atoms with Gasteiger partial charge in [-0.2, -0.15) is 0 Å². The fourth-order valence-electron chi connectivity index (χ4n) is 3.93. The molecular formula is C23H22N2O6. The summed E-state index contributed by atoms with van der Waals surface area (Å²) in [7, 11) is 4.67. The quantitative estimate of drug-likeness (QED) is 0.673. The number of aromatic nitrogens is 2. The molecule has 0 aliphatic heterocycles. The van der Waals surface area contributed by atoms with Gasteiger partial charge in [-0.1, -0.05) is 0 Å². The number of methoxy groups -OCH3 is 3. The van der Waals surface area contributed by atoms with Gasteiger partial charge < -0.3 is 19.3 Å². The van der Waals surface area contributed by atoms with Gasteiger partial charge >= 0.3 is 5.97 Å². The van der Waals surface area contributed by atoms with Gasteiger partial charge in [0.2, 0.25) is 5.75 Å². The molecule has 8 heteroatoms. The topological polar surface area (TPSA) is 99.4 Å². The predicted molar refractivity (Wildman–Crippen MR) is 115 cm³/mol. The Kier molecular flexibility index (Phi) is 5.37. The first-order valence-electron chi connectivity index (χ1n) is 9.77. The Labute approximate surface area is 178 Å². The van der Waals surface area contributed by atoms with Crippen molar-refractivity contribution in [3.63, 3.8) is 0 Å². The molecule has 4 rings (SSSR count). The first kappa shape index (κ1) is 20.5. The van der Waals surface area contributed by atoms with E-state index in [0.29, 0.717) is 40.6 Å². The molecule has 0 atom stereocenters. The first-order valence-corrected chi connectivity index (χ1v) is 9.77. The van der Waals surface area contributed by atoms with Crippen molar-refractivity contribution in [2.24, 2.45) is 0 Å². The van der Waals surface area contributed by atoms with E-state index in [0.717, 1.165) is 24.0 Å². The summed E-state index contributed by atoms with van der Waals surface area (Å²) >= 11 is 0. The number of rotatable bonds is 5. The van der Waals surface area contributed by atoms with Crippen molar-refractivity contribution < 1.29 is 24.1 Å². The van der Waals surface area contributed by atoms with E-state index in [4.69, 9.17) is 19.2 Å². The third-order valence-electron chi connectivity index (χ3n) is 5.40. The van der Waals surface area contributed by atoms with E-state index < -0.39 is 5.97 Å². The monoisotopic (exact) mass is 422 g/mol. The van der Waals surface area contributed by atoms with Crippen LogP contribution >= 0.6 is 0 Å². The molecule has 0 saturated carbocycles. The van der Waals surface area contributed by atoms with E-state index in [1.165, 1.54) is 16.7 Å². The summed E-state index contributed by atoms with van der Waals surface area (Å²) in [6.45, 7) is 0. The molecule has 1 aliphatic carbocycles. The average Bonchev–Trinajstić information content (AvgIpc) is 2.79. The highest BCUT2D eigenvalue weighted by atomic mass is 16.5. The molecule has 0 spiro atoms. The number of aromatic carboxylic acids is 1. The van der Waals surface area contributed by atoms with Crippen molar-refractivity contribution in [2.75, 3.05) is 21.3 Å². The first-order chi connectivity index (χ1) is 15.0. The number of carboxylic acid groups (broad SMARTS) is 1. The van der Waals surface area contributed by atoms with Gasteiger partial charge in [-0.15, -0.1) is 0 Å². The van der Waals surface area contributed by atoms with E-state index in [9.17, 15) is 14.7 Å². The molecule has 2 aromatic heterocycles. The summed E-state index contributed by atoms with van der Waals surface area (Å²) in [5.41, 5.74) is 3.11. The molecule has 1 N–H and O–H groups in total. The largest absolute Gasteiger partial charge is 0.493 e. The Bertz CT molecular complexity index is 1280. The maximum Gasteiger partial charge on any atom is 0.337 e. The zero-order chi connectivity index (χ0) is 22.1. The zero-order valence-electron chi connectivity index (χ0n) is 17.5. The van der Waals surface area contributed by atoms with Gasteiger partial charge in [0, 0.05) is 17.3 Å². The normalized spacial score (nSPS) is 14.4. The SMILES string of the molecule is COc1ccc(C=C2CCCc3c2nc2ccc(C(=O)O)cn2c3=O)c(OC)c1OC. The average molecular weight is 422 g/mol. The van der Waals surface area contributed by atoms with Crippen molar-refractivity contribution in [3.05, 3.63) is 63.2 Å². The summed E-state index contributed by atoms with van der Waals surface area (Å²) in [5, 5.41) is 9.23. The van der Waals surface area contributed by atoms with Gasteiger partial charge in [-0.25, -0.2) is 9.78 Å². The van der Waals surface area contributed by atoms with E-state index in [1.54, 1.807) is 33.5 Å². The van der Waals surface area contributed by atoms with Crippen LogP contribution in [0.25, 0.3) is 17.3 Å². The van der Waals surface area contributed by atoms with Gasteiger partial charge in [0.25, 0.3) is 5.56 Å². The Balaban J connectivity index is 1.90. The van der Waals surface area contributed by atoms with Crippen LogP contribution in [0.1, 0.15) is 40.0 Å². The Morgan fingerprint density at radius 1 is 1.06 bits per heavy atom. The van der Waals surface area contributed by atoms with Gasteiger partial charge in [0.1, 0.15) is 5.65 Å². The van der Waals surface area contributed by atoms with Crippen LogP contribution in [0, 0.1) is 0 Å². The molecule has 1 aliphatic rings. The molecule has 1 aromatic carbocycles.